The van der Waals surface area contributed by atoms with Crippen molar-refractivity contribution in [3.05, 3.63) is 58.4 Å². The maximum atomic E-state index is 12.5. The van der Waals surface area contributed by atoms with Crippen LogP contribution in [0.25, 0.3) is 15.5 Å². The Morgan fingerprint density at radius 2 is 1.90 bits per heavy atom. The molecule has 148 valence electrons. The van der Waals surface area contributed by atoms with Gasteiger partial charge in [-0.2, -0.15) is 9.61 Å². The summed E-state index contributed by atoms with van der Waals surface area (Å²) >= 11 is 7.59. The summed E-state index contributed by atoms with van der Waals surface area (Å²) in [5, 5.41) is 17.0. The van der Waals surface area contributed by atoms with Crippen LogP contribution < -0.4 is 10.1 Å². The molecule has 0 saturated heterocycles. The molecule has 0 atom stereocenters. The average Bonchev–Trinajstić information content (AvgIpc) is 3.27. The Balaban J connectivity index is 1.50. The van der Waals surface area contributed by atoms with Gasteiger partial charge in [-0.15, -0.1) is 10.2 Å². The lowest BCUT2D eigenvalue weighted by Crippen LogP contribution is -2.20. The minimum Gasteiger partial charge on any atom is -0.484 e. The van der Waals surface area contributed by atoms with E-state index in [0.29, 0.717) is 27.2 Å². The van der Waals surface area contributed by atoms with Gasteiger partial charge in [0.25, 0.3) is 5.91 Å². The van der Waals surface area contributed by atoms with Gasteiger partial charge < -0.3 is 10.1 Å². The highest BCUT2D eigenvalue weighted by Gasteiger charge is 2.15. The number of hydrogen-bond donors (Lipinski definition) is 1. The Morgan fingerprint density at radius 1 is 1.17 bits per heavy atom. The highest BCUT2D eigenvalue weighted by Crippen LogP contribution is 2.31. The zero-order valence-corrected chi connectivity index (χ0v) is 17.6. The summed E-state index contributed by atoms with van der Waals surface area (Å²) in [6.45, 7) is 5.54. The van der Waals surface area contributed by atoms with Crippen molar-refractivity contribution in [1.29, 1.82) is 0 Å². The Bertz CT molecular complexity index is 1190. The summed E-state index contributed by atoms with van der Waals surface area (Å²) in [7, 11) is 0. The topological polar surface area (TPSA) is 81.4 Å². The lowest BCUT2D eigenvalue weighted by Gasteiger charge is -2.12. The number of nitrogens with one attached hydrogen (secondary N) is 1. The monoisotopic (exact) mass is 427 g/mol. The van der Waals surface area contributed by atoms with Gasteiger partial charge in [0.1, 0.15) is 10.8 Å². The molecule has 0 saturated carbocycles. The number of carbonyl (C=O) groups excluding carboxylic acids is 1. The fraction of sp³-hybridized carbons (Fsp3) is 0.200. The number of fused-ring (bicyclic) bond motifs is 1. The second-order valence-corrected chi connectivity index (χ2v) is 7.94. The van der Waals surface area contributed by atoms with E-state index < -0.39 is 0 Å². The Morgan fingerprint density at radius 3 is 2.62 bits per heavy atom. The lowest BCUT2D eigenvalue weighted by molar-refractivity contribution is -0.118. The van der Waals surface area contributed by atoms with E-state index in [1.165, 1.54) is 11.3 Å². The average molecular weight is 428 g/mol. The summed E-state index contributed by atoms with van der Waals surface area (Å²) in [5.41, 5.74) is 3.29. The van der Waals surface area contributed by atoms with Crippen molar-refractivity contribution in [3.63, 3.8) is 0 Å². The van der Waals surface area contributed by atoms with Crippen LogP contribution in [0.4, 0.5) is 5.69 Å². The van der Waals surface area contributed by atoms with Crippen molar-refractivity contribution in [1.82, 2.24) is 19.8 Å². The molecule has 0 aliphatic rings. The highest BCUT2D eigenvalue weighted by atomic mass is 35.5. The number of carbonyl (C=O) groups is 1. The zero-order chi connectivity index (χ0) is 20.5. The molecule has 4 rings (SSSR count). The van der Waals surface area contributed by atoms with E-state index in [4.69, 9.17) is 16.3 Å². The Kier molecular flexibility index (Phi) is 5.21. The third kappa shape index (κ3) is 3.94. The molecule has 1 amide bonds. The molecule has 0 spiro atoms. The first-order valence-electron chi connectivity index (χ1n) is 8.90. The van der Waals surface area contributed by atoms with Gasteiger partial charge in [-0.3, -0.25) is 4.79 Å². The number of aryl methyl sites for hydroxylation is 3. The van der Waals surface area contributed by atoms with E-state index in [2.05, 4.69) is 20.6 Å². The van der Waals surface area contributed by atoms with Gasteiger partial charge in [0.15, 0.2) is 12.4 Å². The maximum absolute atomic E-state index is 12.5. The van der Waals surface area contributed by atoms with Crippen molar-refractivity contribution in [2.24, 2.45) is 0 Å². The third-order valence-corrected chi connectivity index (χ3v) is 5.89. The Hall–Kier alpha value is -2.97. The molecule has 2 heterocycles. The maximum Gasteiger partial charge on any atom is 0.262 e. The number of nitrogens with zero attached hydrogens (tertiary/aromatic N) is 4. The van der Waals surface area contributed by atoms with Crippen LogP contribution >= 0.6 is 22.9 Å². The largest absolute Gasteiger partial charge is 0.484 e. The van der Waals surface area contributed by atoms with Gasteiger partial charge in [0, 0.05) is 10.6 Å². The molecule has 1 N–H and O–H groups in total. The van der Waals surface area contributed by atoms with Crippen molar-refractivity contribution in [2.45, 2.75) is 20.8 Å². The quantitative estimate of drug-likeness (QED) is 0.509. The lowest BCUT2D eigenvalue weighted by atomic mass is 10.1. The van der Waals surface area contributed by atoms with Crippen LogP contribution in [0.15, 0.2) is 36.4 Å². The summed E-state index contributed by atoms with van der Waals surface area (Å²) in [6, 6.07) is 11.1. The van der Waals surface area contributed by atoms with E-state index in [0.717, 1.165) is 21.7 Å². The number of ether oxygens (including phenoxy) is 1. The van der Waals surface area contributed by atoms with Crippen molar-refractivity contribution >= 4 is 39.5 Å². The molecule has 7 nitrogen and oxygen atoms in total. The van der Waals surface area contributed by atoms with Gasteiger partial charge in [-0.25, -0.2) is 0 Å². The minimum atomic E-state index is -0.262. The van der Waals surface area contributed by atoms with E-state index in [-0.39, 0.29) is 12.5 Å². The van der Waals surface area contributed by atoms with Crippen molar-refractivity contribution < 1.29 is 9.53 Å². The number of rotatable bonds is 5. The van der Waals surface area contributed by atoms with E-state index in [9.17, 15) is 4.79 Å². The predicted octanol–water partition coefficient (Wildman–Crippen LogP) is 4.45. The number of amides is 1. The molecule has 0 fully saturated rings. The molecule has 2 aromatic heterocycles. The smallest absolute Gasteiger partial charge is 0.262 e. The fourth-order valence-electron chi connectivity index (χ4n) is 2.93. The third-order valence-electron chi connectivity index (χ3n) is 4.36. The number of para-hydroxylation sites is 1. The SMILES string of the molecule is Cc1cc(OCC(=O)Nc2ccccc2-c2nn3c(C)nnc3s2)cc(C)c1Cl. The van der Waals surface area contributed by atoms with Crippen LogP contribution in [0.3, 0.4) is 0 Å². The van der Waals surface area contributed by atoms with Gasteiger partial charge in [-0.1, -0.05) is 35.1 Å². The minimum absolute atomic E-state index is 0.112. The molecule has 9 heteroatoms. The van der Waals surface area contributed by atoms with Crippen LogP contribution in [0, 0.1) is 20.8 Å². The summed E-state index contributed by atoms with van der Waals surface area (Å²) in [5.74, 6) is 1.06. The number of hydrogen-bond acceptors (Lipinski definition) is 6. The molecule has 0 aliphatic carbocycles. The Labute approximate surface area is 176 Å². The second-order valence-electron chi connectivity index (χ2n) is 6.60. The zero-order valence-electron chi connectivity index (χ0n) is 16.1. The highest BCUT2D eigenvalue weighted by molar-refractivity contribution is 7.19. The molecule has 4 aromatic rings. The first kappa shape index (κ1) is 19.4. The molecule has 0 aliphatic heterocycles. The van der Waals surface area contributed by atoms with Crippen LogP contribution in [0.1, 0.15) is 17.0 Å². The van der Waals surface area contributed by atoms with Crippen LogP contribution in [0.2, 0.25) is 5.02 Å². The number of halogens is 1. The molecule has 29 heavy (non-hydrogen) atoms. The molecule has 2 aromatic carbocycles. The van der Waals surface area contributed by atoms with E-state index in [1.807, 2.05) is 57.2 Å². The molecule has 0 bridgehead atoms. The fourth-order valence-corrected chi connectivity index (χ4v) is 3.96. The van der Waals surface area contributed by atoms with Gasteiger partial charge in [0.2, 0.25) is 4.96 Å². The van der Waals surface area contributed by atoms with Crippen LogP contribution in [0.5, 0.6) is 5.75 Å². The molecular formula is C20H18ClN5O2S. The predicted molar refractivity (Wildman–Crippen MR) is 114 cm³/mol. The van der Waals surface area contributed by atoms with Crippen molar-refractivity contribution in [2.75, 3.05) is 11.9 Å². The standard InChI is InChI=1S/C20H18ClN5O2S/c1-11-8-14(9-12(2)18(11)21)28-10-17(27)22-16-7-5-4-6-15(16)19-25-26-13(3)23-24-20(26)29-19/h4-9H,10H2,1-3H3,(H,22,27). The first-order valence-corrected chi connectivity index (χ1v) is 10.1. The number of aromatic nitrogens is 4. The molecule has 0 unspecified atom stereocenters. The molecular weight excluding hydrogens is 410 g/mol. The summed E-state index contributed by atoms with van der Waals surface area (Å²) in [4.78, 5) is 13.2. The normalized spacial score (nSPS) is 11.0. The van der Waals surface area contributed by atoms with Gasteiger partial charge >= 0.3 is 0 Å². The van der Waals surface area contributed by atoms with Crippen LogP contribution in [-0.2, 0) is 4.79 Å². The number of benzene rings is 2. The van der Waals surface area contributed by atoms with E-state index in [1.54, 1.807) is 4.52 Å². The van der Waals surface area contributed by atoms with Gasteiger partial charge in [0.05, 0.1) is 5.69 Å². The van der Waals surface area contributed by atoms with Crippen LogP contribution in [-0.4, -0.2) is 32.3 Å². The molecule has 0 radical (unpaired) electrons. The second kappa shape index (κ2) is 7.81. The summed E-state index contributed by atoms with van der Waals surface area (Å²) < 4.78 is 7.33. The van der Waals surface area contributed by atoms with Gasteiger partial charge in [-0.05, 0) is 56.2 Å². The first-order chi connectivity index (χ1) is 13.9. The van der Waals surface area contributed by atoms with Crippen molar-refractivity contribution in [3.8, 4) is 16.3 Å². The summed E-state index contributed by atoms with van der Waals surface area (Å²) in [6.07, 6.45) is 0. The number of anilines is 1. The van der Waals surface area contributed by atoms with E-state index >= 15 is 0 Å².